The number of hydrogen-bond donors (Lipinski definition) is 2. The van der Waals surface area contributed by atoms with E-state index in [1.165, 1.54) is 12.8 Å². The van der Waals surface area contributed by atoms with E-state index >= 15 is 0 Å². The van der Waals surface area contributed by atoms with Crippen LogP contribution >= 0.6 is 0 Å². The summed E-state index contributed by atoms with van der Waals surface area (Å²) < 4.78 is 0. The molecule has 2 aliphatic carbocycles. The van der Waals surface area contributed by atoms with Gasteiger partial charge in [0.1, 0.15) is 0 Å². The zero-order chi connectivity index (χ0) is 16.5. The topological polar surface area (TPSA) is 58.2 Å². The van der Waals surface area contributed by atoms with Crippen LogP contribution in [-0.2, 0) is 4.79 Å². The van der Waals surface area contributed by atoms with Crippen molar-refractivity contribution in [3.05, 3.63) is 42.0 Å². The molecule has 2 fully saturated rings. The molecular formula is C20H22N2O2. The zero-order valence-corrected chi connectivity index (χ0v) is 13.7. The minimum Gasteiger partial charge on any atom is -0.349 e. The Balaban J connectivity index is 1.66. The van der Waals surface area contributed by atoms with E-state index in [4.69, 9.17) is 0 Å². The number of carbonyl (C=O) groups is 2. The maximum atomic E-state index is 12.8. The van der Waals surface area contributed by atoms with E-state index in [9.17, 15) is 9.59 Å². The van der Waals surface area contributed by atoms with Crippen molar-refractivity contribution in [2.24, 2.45) is 5.92 Å². The molecule has 0 heterocycles. The van der Waals surface area contributed by atoms with E-state index in [2.05, 4.69) is 10.6 Å². The van der Waals surface area contributed by atoms with Crippen molar-refractivity contribution >= 4 is 28.3 Å². The summed E-state index contributed by atoms with van der Waals surface area (Å²) in [5.41, 5.74) is 1.19. The summed E-state index contributed by atoms with van der Waals surface area (Å²) in [6.07, 6.45) is 6.33. The fraction of sp³-hybridized carbons (Fsp3) is 0.400. The summed E-state index contributed by atoms with van der Waals surface area (Å²) in [6.45, 7) is 0. The second-order valence-electron chi connectivity index (χ2n) is 6.96. The molecule has 0 aliphatic heterocycles. The Labute approximate surface area is 141 Å². The molecule has 0 radical (unpaired) electrons. The lowest BCUT2D eigenvalue weighted by molar-refractivity contribution is -0.117. The van der Waals surface area contributed by atoms with Crippen LogP contribution in [0.1, 0.15) is 48.9 Å². The second kappa shape index (κ2) is 6.27. The predicted octanol–water partition coefficient (Wildman–Crippen LogP) is 3.86. The maximum absolute atomic E-state index is 12.8. The van der Waals surface area contributed by atoms with E-state index in [1.54, 1.807) is 0 Å². The number of benzene rings is 2. The first-order valence-corrected chi connectivity index (χ1v) is 8.85. The number of hydrogen-bond acceptors (Lipinski definition) is 2. The summed E-state index contributed by atoms with van der Waals surface area (Å²) >= 11 is 0. The third kappa shape index (κ3) is 3.14. The average Bonchev–Trinajstić information content (AvgIpc) is 3.32. The van der Waals surface area contributed by atoms with Crippen LogP contribution < -0.4 is 10.6 Å². The molecule has 2 aromatic rings. The van der Waals surface area contributed by atoms with E-state index in [0.717, 1.165) is 36.5 Å². The van der Waals surface area contributed by atoms with Crippen LogP contribution in [0.3, 0.4) is 0 Å². The molecule has 0 spiro atoms. The van der Waals surface area contributed by atoms with Gasteiger partial charge < -0.3 is 10.6 Å². The van der Waals surface area contributed by atoms with Gasteiger partial charge in [0.2, 0.25) is 5.91 Å². The first kappa shape index (κ1) is 15.2. The van der Waals surface area contributed by atoms with E-state index < -0.39 is 0 Å². The average molecular weight is 322 g/mol. The lowest BCUT2D eigenvalue weighted by atomic mass is 10.0. The Hall–Kier alpha value is -2.36. The van der Waals surface area contributed by atoms with Crippen molar-refractivity contribution in [1.82, 2.24) is 5.32 Å². The summed E-state index contributed by atoms with van der Waals surface area (Å²) in [5.74, 6) is 0.0566. The molecule has 2 aliphatic rings. The lowest BCUT2D eigenvalue weighted by Gasteiger charge is -2.16. The highest BCUT2D eigenvalue weighted by atomic mass is 16.2. The molecule has 4 nitrogen and oxygen atoms in total. The fourth-order valence-electron chi connectivity index (χ4n) is 3.45. The van der Waals surface area contributed by atoms with Gasteiger partial charge >= 0.3 is 0 Å². The molecule has 2 aromatic carbocycles. The normalized spacial score (nSPS) is 17.8. The van der Waals surface area contributed by atoms with Gasteiger partial charge in [0.25, 0.3) is 5.91 Å². The Morgan fingerprint density at radius 3 is 2.25 bits per heavy atom. The minimum absolute atomic E-state index is 0.0280. The fourth-order valence-corrected chi connectivity index (χ4v) is 3.45. The zero-order valence-electron chi connectivity index (χ0n) is 13.7. The second-order valence-corrected chi connectivity index (χ2v) is 6.96. The molecule has 0 unspecified atom stereocenters. The van der Waals surface area contributed by atoms with Crippen molar-refractivity contribution in [3.63, 3.8) is 0 Å². The molecule has 24 heavy (non-hydrogen) atoms. The minimum atomic E-state index is -0.0845. The molecule has 2 amide bonds. The SMILES string of the molecule is O=C(NC1CCCC1)c1cc2ccccc2cc1NC(=O)C1CC1. The highest BCUT2D eigenvalue weighted by molar-refractivity contribution is 6.08. The van der Waals surface area contributed by atoms with Crippen LogP contribution in [0.5, 0.6) is 0 Å². The Bertz CT molecular complexity index is 789. The molecule has 0 saturated heterocycles. The molecule has 4 heteroatoms. The Kier molecular flexibility index (Phi) is 3.97. The smallest absolute Gasteiger partial charge is 0.253 e. The quantitative estimate of drug-likeness (QED) is 0.898. The molecule has 0 aromatic heterocycles. The standard InChI is InChI=1S/C20H22N2O2/c23-19(13-9-10-13)22-18-12-15-6-2-1-5-14(15)11-17(18)20(24)21-16-7-3-4-8-16/h1-2,5-6,11-13,16H,3-4,7-10H2,(H,21,24)(H,22,23). The van der Waals surface area contributed by atoms with Crippen LogP contribution in [-0.4, -0.2) is 17.9 Å². The molecule has 0 atom stereocenters. The Morgan fingerprint density at radius 1 is 0.917 bits per heavy atom. The molecule has 2 N–H and O–H groups in total. The number of nitrogens with one attached hydrogen (secondary N) is 2. The highest BCUT2D eigenvalue weighted by Gasteiger charge is 2.30. The first-order chi connectivity index (χ1) is 11.7. The number of rotatable bonds is 4. The predicted molar refractivity (Wildman–Crippen MR) is 95.0 cm³/mol. The van der Waals surface area contributed by atoms with E-state index in [-0.39, 0.29) is 23.8 Å². The van der Waals surface area contributed by atoms with Crippen molar-refractivity contribution in [3.8, 4) is 0 Å². The summed E-state index contributed by atoms with van der Waals surface area (Å²) in [4.78, 5) is 25.0. The number of fused-ring (bicyclic) bond motifs is 1. The number of amides is 2. The van der Waals surface area contributed by atoms with Crippen LogP contribution in [0, 0.1) is 5.92 Å². The Morgan fingerprint density at radius 2 is 1.58 bits per heavy atom. The third-order valence-corrected chi connectivity index (χ3v) is 5.03. The van der Waals surface area contributed by atoms with Crippen molar-refractivity contribution in [2.75, 3.05) is 5.32 Å². The van der Waals surface area contributed by atoms with Crippen LogP contribution in [0.25, 0.3) is 10.8 Å². The van der Waals surface area contributed by atoms with Gasteiger partial charge in [0.05, 0.1) is 11.3 Å². The van der Waals surface area contributed by atoms with Gasteiger partial charge in [-0.1, -0.05) is 37.1 Å². The maximum Gasteiger partial charge on any atom is 0.253 e. The third-order valence-electron chi connectivity index (χ3n) is 5.03. The summed E-state index contributed by atoms with van der Waals surface area (Å²) in [6, 6.07) is 12.0. The number of anilines is 1. The van der Waals surface area contributed by atoms with E-state index in [0.29, 0.717) is 11.3 Å². The number of carbonyl (C=O) groups excluding carboxylic acids is 2. The van der Waals surface area contributed by atoms with Crippen molar-refractivity contribution in [1.29, 1.82) is 0 Å². The highest BCUT2D eigenvalue weighted by Crippen LogP contribution is 2.32. The molecule has 2 saturated carbocycles. The van der Waals surface area contributed by atoms with Gasteiger partial charge in [0.15, 0.2) is 0 Å². The van der Waals surface area contributed by atoms with Crippen LogP contribution in [0.15, 0.2) is 36.4 Å². The van der Waals surface area contributed by atoms with Gasteiger partial charge in [-0.25, -0.2) is 0 Å². The van der Waals surface area contributed by atoms with Gasteiger partial charge in [0, 0.05) is 12.0 Å². The van der Waals surface area contributed by atoms with E-state index in [1.807, 2.05) is 36.4 Å². The largest absolute Gasteiger partial charge is 0.349 e. The van der Waals surface area contributed by atoms with Gasteiger partial charge in [-0.05, 0) is 48.6 Å². The molecule has 124 valence electrons. The monoisotopic (exact) mass is 322 g/mol. The van der Waals surface area contributed by atoms with Crippen LogP contribution in [0.4, 0.5) is 5.69 Å². The molecule has 0 bridgehead atoms. The van der Waals surface area contributed by atoms with Gasteiger partial charge in [-0.2, -0.15) is 0 Å². The van der Waals surface area contributed by atoms with Gasteiger partial charge in [-0.3, -0.25) is 9.59 Å². The summed E-state index contributed by atoms with van der Waals surface area (Å²) in [5, 5.41) is 8.14. The summed E-state index contributed by atoms with van der Waals surface area (Å²) in [7, 11) is 0. The van der Waals surface area contributed by atoms with Crippen molar-refractivity contribution < 1.29 is 9.59 Å². The van der Waals surface area contributed by atoms with Crippen molar-refractivity contribution in [2.45, 2.75) is 44.6 Å². The first-order valence-electron chi connectivity index (χ1n) is 8.85. The lowest BCUT2D eigenvalue weighted by Crippen LogP contribution is -2.33. The van der Waals surface area contributed by atoms with Crippen LogP contribution in [0.2, 0.25) is 0 Å². The molecular weight excluding hydrogens is 300 g/mol. The van der Waals surface area contributed by atoms with Gasteiger partial charge in [-0.15, -0.1) is 0 Å². The molecule has 4 rings (SSSR count).